The molecule has 0 aromatic carbocycles. The minimum absolute atomic E-state index is 0.0556. The zero-order chi connectivity index (χ0) is 17.1. The Labute approximate surface area is 143 Å². The van der Waals surface area contributed by atoms with Crippen LogP contribution in [0.15, 0.2) is 0 Å². The molecule has 3 aliphatic rings. The van der Waals surface area contributed by atoms with E-state index in [9.17, 15) is 14.4 Å². The van der Waals surface area contributed by atoms with Crippen molar-refractivity contribution in [1.82, 2.24) is 20.0 Å². The number of nitrogens with one attached hydrogen (secondary N) is 1. The van der Waals surface area contributed by atoms with Crippen LogP contribution in [0.25, 0.3) is 0 Å². The van der Waals surface area contributed by atoms with Crippen molar-refractivity contribution in [3.05, 3.63) is 0 Å². The first-order valence-corrected chi connectivity index (χ1v) is 9.20. The summed E-state index contributed by atoms with van der Waals surface area (Å²) in [6.45, 7) is 5.91. The predicted molar refractivity (Wildman–Crippen MR) is 89.2 cm³/mol. The molecule has 0 radical (unpaired) electrons. The zero-order valence-electron chi connectivity index (χ0n) is 14.5. The van der Waals surface area contributed by atoms with Gasteiger partial charge in [-0.1, -0.05) is 6.92 Å². The molecule has 134 valence electrons. The normalized spacial score (nSPS) is 26.9. The van der Waals surface area contributed by atoms with Crippen LogP contribution in [0.2, 0.25) is 0 Å². The van der Waals surface area contributed by atoms with E-state index in [1.165, 1.54) is 0 Å². The van der Waals surface area contributed by atoms with Crippen molar-refractivity contribution in [2.45, 2.75) is 51.1 Å². The Balaban J connectivity index is 1.65. The van der Waals surface area contributed by atoms with Crippen molar-refractivity contribution in [2.24, 2.45) is 0 Å². The average molecular weight is 336 g/mol. The van der Waals surface area contributed by atoms with Crippen LogP contribution in [-0.4, -0.2) is 83.8 Å². The summed E-state index contributed by atoms with van der Waals surface area (Å²) in [5, 5.41) is 3.09. The lowest BCUT2D eigenvalue weighted by molar-refractivity contribution is -0.147. The lowest BCUT2D eigenvalue weighted by atomic mass is 10.0. The Bertz CT molecular complexity index is 510. The van der Waals surface area contributed by atoms with Gasteiger partial charge in [0, 0.05) is 45.2 Å². The summed E-state index contributed by atoms with van der Waals surface area (Å²) in [6.07, 6.45) is 3.92. The summed E-state index contributed by atoms with van der Waals surface area (Å²) in [5.74, 6) is 0.281. The van der Waals surface area contributed by atoms with Gasteiger partial charge >= 0.3 is 0 Å². The summed E-state index contributed by atoms with van der Waals surface area (Å²) in [6, 6.07) is -0.221. The second kappa shape index (κ2) is 7.51. The molecule has 0 spiro atoms. The molecule has 0 saturated carbocycles. The van der Waals surface area contributed by atoms with Crippen LogP contribution in [0, 0.1) is 0 Å². The van der Waals surface area contributed by atoms with Crippen LogP contribution in [0.3, 0.4) is 0 Å². The molecule has 3 saturated heterocycles. The van der Waals surface area contributed by atoms with Gasteiger partial charge < -0.3 is 20.0 Å². The Morgan fingerprint density at radius 2 is 2.04 bits per heavy atom. The summed E-state index contributed by atoms with van der Waals surface area (Å²) < 4.78 is 0. The second-order valence-corrected chi connectivity index (χ2v) is 6.96. The van der Waals surface area contributed by atoms with E-state index < -0.39 is 0 Å². The topological polar surface area (TPSA) is 73.0 Å². The Morgan fingerprint density at radius 1 is 1.21 bits per heavy atom. The molecule has 3 rings (SSSR count). The van der Waals surface area contributed by atoms with Gasteiger partial charge in [0.05, 0.1) is 6.54 Å². The van der Waals surface area contributed by atoms with Crippen molar-refractivity contribution in [2.75, 3.05) is 39.3 Å². The summed E-state index contributed by atoms with van der Waals surface area (Å²) >= 11 is 0. The molecule has 7 nitrogen and oxygen atoms in total. The number of piperidine rings is 1. The quantitative estimate of drug-likeness (QED) is 0.772. The smallest absolute Gasteiger partial charge is 0.245 e. The minimum Gasteiger partial charge on any atom is -0.339 e. The van der Waals surface area contributed by atoms with Gasteiger partial charge in [-0.2, -0.15) is 0 Å². The van der Waals surface area contributed by atoms with Gasteiger partial charge in [-0.3, -0.25) is 14.4 Å². The van der Waals surface area contributed by atoms with Crippen molar-refractivity contribution in [3.8, 4) is 0 Å². The minimum atomic E-state index is -0.336. The lowest BCUT2D eigenvalue weighted by Gasteiger charge is -2.42. The maximum Gasteiger partial charge on any atom is 0.245 e. The number of amides is 3. The average Bonchev–Trinajstić information content (AvgIpc) is 3.02. The number of carbonyl (C=O) groups is 3. The van der Waals surface area contributed by atoms with Gasteiger partial charge in [0.2, 0.25) is 17.7 Å². The first-order valence-electron chi connectivity index (χ1n) is 9.20. The van der Waals surface area contributed by atoms with Gasteiger partial charge in [-0.15, -0.1) is 0 Å². The molecule has 3 amide bonds. The summed E-state index contributed by atoms with van der Waals surface area (Å²) in [4.78, 5) is 42.7. The monoisotopic (exact) mass is 336 g/mol. The molecule has 7 heteroatoms. The number of piperazine rings is 1. The standard InChI is InChI=1S/C17H28N4O3/c1-2-14(21-9-4-6-15(21)22)17(24)19-8-3-5-13(12-19)20-10-7-18-11-16(20)23/h13-14,18H,2-12H2,1H3. The Kier molecular flexibility index (Phi) is 5.38. The van der Waals surface area contributed by atoms with E-state index in [1.54, 1.807) is 4.90 Å². The molecule has 1 N–H and O–H groups in total. The molecular formula is C17H28N4O3. The fourth-order valence-corrected chi connectivity index (χ4v) is 4.15. The second-order valence-electron chi connectivity index (χ2n) is 6.96. The molecule has 2 atom stereocenters. The maximum atomic E-state index is 13.0. The van der Waals surface area contributed by atoms with Gasteiger partial charge in [0.15, 0.2) is 0 Å². The van der Waals surface area contributed by atoms with Crippen molar-refractivity contribution in [3.63, 3.8) is 0 Å². The molecule has 3 fully saturated rings. The first kappa shape index (κ1) is 17.2. The van der Waals surface area contributed by atoms with Gasteiger partial charge in [-0.05, 0) is 25.7 Å². The van der Waals surface area contributed by atoms with Crippen LogP contribution in [0.1, 0.15) is 39.0 Å². The van der Waals surface area contributed by atoms with E-state index in [2.05, 4.69) is 5.32 Å². The Morgan fingerprint density at radius 3 is 2.71 bits per heavy atom. The van der Waals surface area contributed by atoms with Crippen LogP contribution in [0.5, 0.6) is 0 Å². The molecule has 0 aromatic heterocycles. The SMILES string of the molecule is CCC(C(=O)N1CCCC(N2CCNCC2=O)C1)N1CCCC1=O. The van der Waals surface area contributed by atoms with Crippen LogP contribution in [-0.2, 0) is 14.4 Å². The number of hydrogen-bond donors (Lipinski definition) is 1. The van der Waals surface area contributed by atoms with Gasteiger partial charge in [0.25, 0.3) is 0 Å². The number of nitrogens with zero attached hydrogens (tertiary/aromatic N) is 3. The van der Waals surface area contributed by atoms with Crippen molar-refractivity contribution < 1.29 is 14.4 Å². The molecule has 2 unspecified atom stereocenters. The number of likely N-dealkylation sites (tertiary alicyclic amines) is 2. The zero-order valence-corrected chi connectivity index (χ0v) is 14.5. The van der Waals surface area contributed by atoms with Crippen LogP contribution < -0.4 is 5.32 Å². The highest BCUT2D eigenvalue weighted by Crippen LogP contribution is 2.22. The fraction of sp³-hybridized carbons (Fsp3) is 0.824. The molecule has 3 heterocycles. The molecule has 3 aliphatic heterocycles. The number of carbonyl (C=O) groups excluding carboxylic acids is 3. The van der Waals surface area contributed by atoms with Gasteiger partial charge in [-0.25, -0.2) is 0 Å². The molecule has 0 aromatic rings. The van der Waals surface area contributed by atoms with E-state index in [0.29, 0.717) is 39.0 Å². The Hall–Kier alpha value is -1.63. The van der Waals surface area contributed by atoms with Gasteiger partial charge in [0.1, 0.15) is 6.04 Å². The third kappa shape index (κ3) is 3.41. The highest BCUT2D eigenvalue weighted by molar-refractivity contribution is 5.88. The van der Waals surface area contributed by atoms with E-state index in [0.717, 1.165) is 32.4 Å². The van der Waals surface area contributed by atoms with E-state index in [4.69, 9.17) is 0 Å². The molecule has 0 aliphatic carbocycles. The highest BCUT2D eigenvalue weighted by Gasteiger charge is 2.37. The highest BCUT2D eigenvalue weighted by atomic mass is 16.2. The fourth-order valence-electron chi connectivity index (χ4n) is 4.15. The summed E-state index contributed by atoms with van der Waals surface area (Å²) in [5.41, 5.74) is 0. The first-order chi connectivity index (χ1) is 11.6. The molecule has 0 bridgehead atoms. The van der Waals surface area contributed by atoms with Crippen LogP contribution >= 0.6 is 0 Å². The third-order valence-corrected chi connectivity index (χ3v) is 5.43. The lowest BCUT2D eigenvalue weighted by Crippen LogP contribution is -2.59. The third-order valence-electron chi connectivity index (χ3n) is 5.43. The predicted octanol–water partition coefficient (Wildman–Crippen LogP) is -0.190. The van der Waals surface area contributed by atoms with E-state index in [1.807, 2.05) is 16.7 Å². The molecule has 24 heavy (non-hydrogen) atoms. The molecular weight excluding hydrogens is 308 g/mol. The van der Waals surface area contributed by atoms with E-state index in [-0.39, 0.29) is 29.8 Å². The number of rotatable bonds is 4. The number of hydrogen-bond acceptors (Lipinski definition) is 4. The van der Waals surface area contributed by atoms with Crippen molar-refractivity contribution >= 4 is 17.7 Å². The van der Waals surface area contributed by atoms with Crippen LogP contribution in [0.4, 0.5) is 0 Å². The summed E-state index contributed by atoms with van der Waals surface area (Å²) in [7, 11) is 0. The van der Waals surface area contributed by atoms with E-state index >= 15 is 0 Å². The largest absolute Gasteiger partial charge is 0.339 e. The maximum absolute atomic E-state index is 13.0. The van der Waals surface area contributed by atoms with Crippen molar-refractivity contribution in [1.29, 1.82) is 0 Å².